The Balaban J connectivity index is 1.20. The lowest BCUT2D eigenvalue weighted by atomic mass is 9.87. The topological polar surface area (TPSA) is 132 Å². The van der Waals surface area contributed by atoms with E-state index in [2.05, 4.69) is 35.5 Å². The van der Waals surface area contributed by atoms with Crippen molar-refractivity contribution in [3.05, 3.63) is 73.1 Å². The lowest BCUT2D eigenvalue weighted by molar-refractivity contribution is -0.117. The molecule has 1 saturated carbocycles. The second kappa shape index (κ2) is 10.7. The van der Waals surface area contributed by atoms with E-state index in [4.69, 9.17) is 0 Å². The highest BCUT2D eigenvalue weighted by Crippen LogP contribution is 2.35. The van der Waals surface area contributed by atoms with E-state index >= 15 is 0 Å². The van der Waals surface area contributed by atoms with Crippen LogP contribution in [0.3, 0.4) is 0 Å². The van der Waals surface area contributed by atoms with Crippen molar-refractivity contribution in [3.63, 3.8) is 0 Å². The van der Waals surface area contributed by atoms with E-state index in [1.54, 1.807) is 30.9 Å². The van der Waals surface area contributed by atoms with E-state index in [0.717, 1.165) is 46.4 Å². The maximum absolute atomic E-state index is 14.0. The van der Waals surface area contributed by atoms with Gasteiger partial charge in [0.15, 0.2) is 5.65 Å². The minimum Gasteiger partial charge on any atom is -0.508 e. The highest BCUT2D eigenvalue weighted by Gasteiger charge is 2.18. The predicted molar refractivity (Wildman–Crippen MR) is 159 cm³/mol. The lowest BCUT2D eigenvalue weighted by Crippen LogP contribution is -2.18. The number of hydrogen-bond donors (Lipinski definition) is 4. The maximum atomic E-state index is 14.0. The molecule has 0 saturated heterocycles. The number of aromatic nitrogens is 6. The fourth-order valence-corrected chi connectivity index (χ4v) is 5.93. The van der Waals surface area contributed by atoms with Crippen LogP contribution in [-0.4, -0.2) is 41.1 Å². The standard InChI is InChI=1S/C32H28FN7O2/c33-22-9-19(11-24(41)13-22)25-6-7-35-31-26(25)14-28(38-31)30-27-12-21(16-36-32(27)40-39-30)20-10-23(17-34-15-20)37-29(42)8-18-4-2-1-3-5-18/h6-7,9-18,41H,1-5,8H2,(H,35,38)(H,37,42)(H,36,39,40). The van der Waals surface area contributed by atoms with Crippen molar-refractivity contribution in [2.24, 2.45) is 5.92 Å². The quantitative estimate of drug-likeness (QED) is 0.173. The van der Waals surface area contributed by atoms with E-state index in [0.29, 0.717) is 46.3 Å². The van der Waals surface area contributed by atoms with E-state index < -0.39 is 5.82 Å². The average Bonchev–Trinajstić information content (AvgIpc) is 3.61. The van der Waals surface area contributed by atoms with Gasteiger partial charge in [0.25, 0.3) is 0 Å². The average molecular weight is 562 g/mol. The summed E-state index contributed by atoms with van der Waals surface area (Å²) in [4.78, 5) is 29.4. The number of nitrogens with one attached hydrogen (secondary N) is 3. The van der Waals surface area contributed by atoms with Crippen molar-refractivity contribution in [2.45, 2.75) is 38.5 Å². The molecule has 0 radical (unpaired) electrons. The minimum atomic E-state index is -0.523. The number of pyridine rings is 3. The number of nitrogens with zero attached hydrogens (tertiary/aromatic N) is 4. The first-order valence-corrected chi connectivity index (χ1v) is 14.1. The SMILES string of the molecule is O=C(CC1CCCCC1)Nc1cncc(-c2cnc3[nH]nc(-c4cc5c(-c6cc(O)cc(F)c6)ccnc5[nH]4)c3c2)c1. The predicted octanol–water partition coefficient (Wildman–Crippen LogP) is 6.98. The number of amides is 1. The molecule has 9 nitrogen and oxygen atoms in total. The third-order valence-electron chi connectivity index (χ3n) is 7.95. The first-order chi connectivity index (χ1) is 20.5. The summed E-state index contributed by atoms with van der Waals surface area (Å²) in [5, 5.41) is 22.0. The molecule has 0 unspecified atom stereocenters. The van der Waals surface area contributed by atoms with Gasteiger partial charge in [-0.2, -0.15) is 5.10 Å². The number of rotatable bonds is 6. The van der Waals surface area contributed by atoms with Gasteiger partial charge in [-0.15, -0.1) is 0 Å². The highest BCUT2D eigenvalue weighted by atomic mass is 19.1. The summed E-state index contributed by atoms with van der Waals surface area (Å²) in [5.74, 6) is -0.195. The molecule has 0 spiro atoms. The van der Waals surface area contributed by atoms with Crippen LogP contribution in [-0.2, 0) is 4.79 Å². The van der Waals surface area contributed by atoms with Crippen LogP contribution in [0.2, 0.25) is 0 Å². The number of phenols is 1. The molecule has 1 aromatic carbocycles. The molecule has 5 heterocycles. The van der Waals surface area contributed by atoms with Gasteiger partial charge in [0.1, 0.15) is 22.9 Å². The Bertz CT molecular complexity index is 1920. The number of carbonyl (C=O) groups excluding carboxylic acids is 1. The molecule has 6 aromatic rings. The fourth-order valence-electron chi connectivity index (χ4n) is 5.93. The number of hydrogen-bond acceptors (Lipinski definition) is 6. The third-order valence-corrected chi connectivity index (χ3v) is 7.95. The molecule has 0 bridgehead atoms. The summed E-state index contributed by atoms with van der Waals surface area (Å²) in [5.41, 5.74) is 6.13. The van der Waals surface area contributed by atoms with Crippen molar-refractivity contribution in [1.82, 2.24) is 30.1 Å². The van der Waals surface area contributed by atoms with Crippen LogP contribution < -0.4 is 5.32 Å². The summed E-state index contributed by atoms with van der Waals surface area (Å²) >= 11 is 0. The smallest absolute Gasteiger partial charge is 0.224 e. The van der Waals surface area contributed by atoms with Crippen molar-refractivity contribution in [3.8, 4) is 39.4 Å². The second-order valence-corrected chi connectivity index (χ2v) is 10.9. The van der Waals surface area contributed by atoms with Gasteiger partial charge in [-0.05, 0) is 66.3 Å². The molecule has 0 aliphatic heterocycles. The zero-order valence-corrected chi connectivity index (χ0v) is 22.7. The number of benzene rings is 1. The number of halogens is 1. The molecule has 0 atom stereocenters. The molecule has 4 N–H and O–H groups in total. The van der Waals surface area contributed by atoms with Crippen LogP contribution in [0.25, 0.3) is 55.7 Å². The Hall–Kier alpha value is -5.12. The van der Waals surface area contributed by atoms with Crippen LogP contribution >= 0.6 is 0 Å². The van der Waals surface area contributed by atoms with Crippen molar-refractivity contribution >= 4 is 33.7 Å². The van der Waals surface area contributed by atoms with Gasteiger partial charge in [0.05, 0.1) is 17.6 Å². The number of aromatic hydroxyl groups is 1. The highest BCUT2D eigenvalue weighted by molar-refractivity contribution is 6.00. The molecule has 42 heavy (non-hydrogen) atoms. The molecular weight excluding hydrogens is 533 g/mol. The zero-order chi connectivity index (χ0) is 28.6. The Morgan fingerprint density at radius 2 is 1.79 bits per heavy atom. The molecule has 10 heteroatoms. The molecule has 210 valence electrons. The van der Waals surface area contributed by atoms with E-state index in [-0.39, 0.29) is 11.7 Å². The van der Waals surface area contributed by atoms with Gasteiger partial charge in [-0.1, -0.05) is 19.3 Å². The van der Waals surface area contributed by atoms with Crippen molar-refractivity contribution < 1.29 is 14.3 Å². The zero-order valence-electron chi connectivity index (χ0n) is 22.7. The number of H-pyrrole nitrogens is 2. The maximum Gasteiger partial charge on any atom is 0.224 e. The van der Waals surface area contributed by atoms with Crippen LogP contribution in [0, 0.1) is 11.7 Å². The first kappa shape index (κ1) is 25.8. The van der Waals surface area contributed by atoms with Crippen molar-refractivity contribution in [2.75, 3.05) is 5.32 Å². The van der Waals surface area contributed by atoms with Gasteiger partial charge >= 0.3 is 0 Å². The van der Waals surface area contributed by atoms with Crippen LogP contribution in [0.5, 0.6) is 5.75 Å². The third kappa shape index (κ3) is 5.07. The molecule has 7 rings (SSSR count). The van der Waals surface area contributed by atoms with Crippen LogP contribution in [0.4, 0.5) is 10.1 Å². The normalized spacial score (nSPS) is 14.0. The summed E-state index contributed by atoms with van der Waals surface area (Å²) in [6, 6.07) is 11.5. The van der Waals surface area contributed by atoms with Crippen LogP contribution in [0.15, 0.2) is 67.3 Å². The van der Waals surface area contributed by atoms with E-state index in [1.165, 1.54) is 31.4 Å². The second-order valence-electron chi connectivity index (χ2n) is 10.9. The fraction of sp³-hybridized carbons (Fsp3) is 0.219. The van der Waals surface area contributed by atoms with Gasteiger partial charge in [-0.3, -0.25) is 14.9 Å². The lowest BCUT2D eigenvalue weighted by Gasteiger charge is -2.20. The molecule has 1 aliphatic rings. The largest absolute Gasteiger partial charge is 0.508 e. The Morgan fingerprint density at radius 1 is 0.929 bits per heavy atom. The van der Waals surface area contributed by atoms with Crippen LogP contribution in [0.1, 0.15) is 38.5 Å². The van der Waals surface area contributed by atoms with E-state index in [9.17, 15) is 14.3 Å². The molecular formula is C32H28FN7O2. The number of phenolic OH excluding ortho intramolecular Hbond substituents is 1. The van der Waals surface area contributed by atoms with E-state index in [1.807, 2.05) is 18.2 Å². The monoisotopic (exact) mass is 561 g/mol. The summed E-state index contributed by atoms with van der Waals surface area (Å²) in [6.45, 7) is 0. The summed E-state index contributed by atoms with van der Waals surface area (Å²) in [6.07, 6.45) is 13.2. The molecule has 5 aromatic heterocycles. The van der Waals surface area contributed by atoms with Gasteiger partial charge in [0, 0.05) is 53.0 Å². The van der Waals surface area contributed by atoms with Gasteiger partial charge < -0.3 is 15.4 Å². The summed E-state index contributed by atoms with van der Waals surface area (Å²) in [7, 11) is 0. The number of aromatic amines is 2. The Morgan fingerprint density at radius 3 is 2.64 bits per heavy atom. The number of anilines is 1. The first-order valence-electron chi connectivity index (χ1n) is 14.1. The van der Waals surface area contributed by atoms with Gasteiger partial charge in [-0.25, -0.2) is 14.4 Å². The molecule has 1 aliphatic carbocycles. The Kier molecular flexibility index (Phi) is 6.58. The minimum absolute atomic E-state index is 0.0202. The number of fused-ring (bicyclic) bond motifs is 2. The molecule has 1 fully saturated rings. The summed E-state index contributed by atoms with van der Waals surface area (Å²) < 4.78 is 14.0. The van der Waals surface area contributed by atoms with Crippen molar-refractivity contribution in [1.29, 1.82) is 0 Å². The Labute approximate surface area is 240 Å². The van der Waals surface area contributed by atoms with Gasteiger partial charge in [0.2, 0.25) is 5.91 Å². The number of carbonyl (C=O) groups is 1. The molecule has 1 amide bonds.